The monoisotopic (exact) mass is 318 g/mol. The fourth-order valence-corrected chi connectivity index (χ4v) is 4.53. The van der Waals surface area contributed by atoms with Crippen molar-refractivity contribution in [1.29, 1.82) is 0 Å². The van der Waals surface area contributed by atoms with E-state index in [9.17, 15) is 0 Å². The smallest absolute Gasteiger partial charge is 0.179 e. The molecule has 5 nitrogen and oxygen atoms in total. The summed E-state index contributed by atoms with van der Waals surface area (Å²) in [5, 5.41) is 7.19. The Morgan fingerprint density at radius 1 is 1.41 bits per heavy atom. The normalized spacial score (nSPS) is 28.9. The second-order valence-electron chi connectivity index (χ2n) is 6.47. The van der Waals surface area contributed by atoms with Crippen molar-refractivity contribution in [3.63, 3.8) is 0 Å². The third-order valence-electron chi connectivity index (χ3n) is 4.71. The number of rotatable bonds is 3. The van der Waals surface area contributed by atoms with E-state index in [4.69, 9.17) is 4.74 Å². The van der Waals surface area contributed by atoms with Crippen LogP contribution in [0.2, 0.25) is 0 Å². The Labute approximate surface area is 134 Å². The summed E-state index contributed by atoms with van der Waals surface area (Å²) in [6, 6.07) is 4.46. The van der Waals surface area contributed by atoms with Crippen molar-refractivity contribution in [3.8, 4) is 0 Å². The van der Waals surface area contributed by atoms with Crippen LogP contribution in [0, 0.1) is 19.8 Å². The number of ether oxygens (including phenoxy) is 1. The molecule has 6 heteroatoms. The Bertz CT molecular complexity index is 652. The fourth-order valence-electron chi connectivity index (χ4n) is 3.60. The molecule has 0 bridgehead atoms. The molecule has 2 aliphatic rings. The highest BCUT2D eigenvalue weighted by atomic mass is 32.1. The maximum Gasteiger partial charge on any atom is 0.179 e. The molecule has 22 heavy (non-hydrogen) atoms. The van der Waals surface area contributed by atoms with Gasteiger partial charge in [0.2, 0.25) is 0 Å². The maximum absolute atomic E-state index is 6.25. The van der Waals surface area contributed by atoms with Gasteiger partial charge >= 0.3 is 0 Å². The van der Waals surface area contributed by atoms with Crippen molar-refractivity contribution < 1.29 is 4.74 Å². The minimum absolute atomic E-state index is 0.0730. The molecule has 2 saturated heterocycles. The standard InChI is InChI=1S/C16H22N4OS/c1-10-3-4-13(22-10)8-20-6-5-12-7-14(21-15(12)9-20)16-17-11(2)18-19-16/h3-4,12,14-15H,5-9H2,1-2H3,(H,17,18,19)/t12-,14+,15+/m0/s1. The van der Waals surface area contributed by atoms with Crippen LogP contribution in [0.3, 0.4) is 0 Å². The first kappa shape index (κ1) is 14.4. The molecule has 3 atom stereocenters. The van der Waals surface area contributed by atoms with Gasteiger partial charge in [-0.2, -0.15) is 5.10 Å². The molecule has 2 aliphatic heterocycles. The Morgan fingerprint density at radius 2 is 2.32 bits per heavy atom. The molecule has 2 aromatic rings. The van der Waals surface area contributed by atoms with E-state index in [0.29, 0.717) is 12.0 Å². The van der Waals surface area contributed by atoms with E-state index in [1.807, 2.05) is 18.3 Å². The molecule has 0 aromatic carbocycles. The minimum Gasteiger partial charge on any atom is -0.365 e. The lowest BCUT2D eigenvalue weighted by atomic mass is 9.91. The number of aromatic nitrogens is 3. The van der Waals surface area contributed by atoms with E-state index >= 15 is 0 Å². The van der Waals surface area contributed by atoms with Crippen LogP contribution in [0.1, 0.15) is 40.3 Å². The number of H-pyrrole nitrogens is 1. The summed E-state index contributed by atoms with van der Waals surface area (Å²) < 4.78 is 6.25. The summed E-state index contributed by atoms with van der Waals surface area (Å²) in [5.41, 5.74) is 0. The van der Waals surface area contributed by atoms with Gasteiger partial charge in [0.05, 0.1) is 6.10 Å². The SMILES string of the molecule is Cc1nc([C@H]2C[C@@H]3CCN(Cc4ccc(C)s4)C[C@H]3O2)n[nH]1. The molecular weight excluding hydrogens is 296 g/mol. The first-order valence-electron chi connectivity index (χ1n) is 7.99. The zero-order chi connectivity index (χ0) is 15.1. The number of likely N-dealkylation sites (tertiary alicyclic amines) is 1. The van der Waals surface area contributed by atoms with Crippen LogP contribution in [0.5, 0.6) is 0 Å². The van der Waals surface area contributed by atoms with Crippen LogP contribution in [0.25, 0.3) is 0 Å². The van der Waals surface area contributed by atoms with Crippen LogP contribution in [-0.4, -0.2) is 39.3 Å². The molecule has 0 amide bonds. The predicted octanol–water partition coefficient (Wildman–Crippen LogP) is 2.84. The molecule has 0 unspecified atom stereocenters. The van der Waals surface area contributed by atoms with Gasteiger partial charge in [-0.1, -0.05) is 0 Å². The maximum atomic E-state index is 6.25. The topological polar surface area (TPSA) is 54.0 Å². The van der Waals surface area contributed by atoms with Gasteiger partial charge in [0.15, 0.2) is 5.82 Å². The van der Waals surface area contributed by atoms with Gasteiger partial charge in [-0.05, 0) is 51.3 Å². The van der Waals surface area contributed by atoms with Gasteiger partial charge in [-0.15, -0.1) is 11.3 Å². The molecule has 0 aliphatic carbocycles. The second-order valence-corrected chi connectivity index (χ2v) is 7.85. The lowest BCUT2D eigenvalue weighted by molar-refractivity contribution is -0.0117. The Hall–Kier alpha value is -1.24. The molecule has 2 aromatic heterocycles. The van der Waals surface area contributed by atoms with E-state index in [1.165, 1.54) is 22.7 Å². The summed E-state index contributed by atoms with van der Waals surface area (Å²) in [6.45, 7) is 7.35. The van der Waals surface area contributed by atoms with Crippen molar-refractivity contribution in [1.82, 2.24) is 20.1 Å². The van der Waals surface area contributed by atoms with E-state index in [2.05, 4.69) is 39.1 Å². The molecule has 1 N–H and O–H groups in total. The van der Waals surface area contributed by atoms with E-state index in [-0.39, 0.29) is 6.10 Å². The average Bonchev–Trinajstić information content (AvgIpc) is 3.18. The largest absolute Gasteiger partial charge is 0.365 e. The van der Waals surface area contributed by atoms with Crippen molar-refractivity contribution in [2.24, 2.45) is 5.92 Å². The quantitative estimate of drug-likeness (QED) is 0.945. The molecule has 4 heterocycles. The van der Waals surface area contributed by atoms with E-state index in [0.717, 1.165) is 31.2 Å². The summed E-state index contributed by atoms with van der Waals surface area (Å²) in [7, 11) is 0. The van der Waals surface area contributed by atoms with E-state index in [1.54, 1.807) is 0 Å². The zero-order valence-electron chi connectivity index (χ0n) is 13.1. The van der Waals surface area contributed by atoms with Crippen molar-refractivity contribution in [2.45, 2.75) is 45.4 Å². The van der Waals surface area contributed by atoms with Crippen LogP contribution in [0.15, 0.2) is 12.1 Å². The van der Waals surface area contributed by atoms with Gasteiger partial charge in [0, 0.05) is 22.8 Å². The van der Waals surface area contributed by atoms with Gasteiger partial charge in [0.1, 0.15) is 11.9 Å². The summed E-state index contributed by atoms with van der Waals surface area (Å²) in [5.74, 6) is 2.35. The number of aryl methyl sites for hydroxylation is 2. The summed E-state index contributed by atoms with van der Waals surface area (Å²) >= 11 is 1.90. The number of nitrogens with one attached hydrogen (secondary N) is 1. The number of hydrogen-bond acceptors (Lipinski definition) is 5. The lowest BCUT2D eigenvalue weighted by Gasteiger charge is -2.33. The van der Waals surface area contributed by atoms with Crippen molar-refractivity contribution >= 4 is 11.3 Å². The van der Waals surface area contributed by atoms with Gasteiger partial charge in [0.25, 0.3) is 0 Å². The first-order valence-corrected chi connectivity index (χ1v) is 8.81. The Balaban J connectivity index is 1.39. The number of aromatic amines is 1. The molecular formula is C16H22N4OS. The molecule has 118 valence electrons. The number of thiophene rings is 1. The molecule has 0 spiro atoms. The van der Waals surface area contributed by atoms with Crippen LogP contribution in [0.4, 0.5) is 0 Å². The highest BCUT2D eigenvalue weighted by Gasteiger charge is 2.40. The van der Waals surface area contributed by atoms with Crippen LogP contribution >= 0.6 is 11.3 Å². The number of nitrogens with zero attached hydrogens (tertiary/aromatic N) is 3. The highest BCUT2D eigenvalue weighted by Crippen LogP contribution is 2.40. The number of piperidine rings is 1. The average molecular weight is 318 g/mol. The van der Waals surface area contributed by atoms with Crippen LogP contribution in [-0.2, 0) is 11.3 Å². The zero-order valence-corrected chi connectivity index (χ0v) is 13.9. The Morgan fingerprint density at radius 3 is 3.05 bits per heavy atom. The molecule has 0 saturated carbocycles. The number of fused-ring (bicyclic) bond motifs is 1. The summed E-state index contributed by atoms with van der Waals surface area (Å²) in [4.78, 5) is 9.81. The second kappa shape index (κ2) is 5.76. The third kappa shape index (κ3) is 2.83. The van der Waals surface area contributed by atoms with Crippen LogP contribution < -0.4 is 0 Å². The third-order valence-corrected chi connectivity index (χ3v) is 5.70. The minimum atomic E-state index is 0.0730. The van der Waals surface area contributed by atoms with Gasteiger partial charge < -0.3 is 4.74 Å². The summed E-state index contributed by atoms with van der Waals surface area (Å²) in [6.07, 6.45) is 2.69. The van der Waals surface area contributed by atoms with Gasteiger partial charge in [-0.25, -0.2) is 4.98 Å². The molecule has 4 rings (SSSR count). The van der Waals surface area contributed by atoms with Crippen molar-refractivity contribution in [3.05, 3.63) is 33.5 Å². The highest BCUT2D eigenvalue weighted by molar-refractivity contribution is 7.11. The Kier molecular flexibility index (Phi) is 3.76. The molecule has 0 radical (unpaired) electrons. The predicted molar refractivity (Wildman–Crippen MR) is 85.8 cm³/mol. The lowest BCUT2D eigenvalue weighted by Crippen LogP contribution is -2.41. The van der Waals surface area contributed by atoms with E-state index < -0.39 is 0 Å². The fraction of sp³-hybridized carbons (Fsp3) is 0.625. The number of hydrogen-bond donors (Lipinski definition) is 1. The first-order chi connectivity index (χ1) is 10.7. The van der Waals surface area contributed by atoms with Gasteiger partial charge in [-0.3, -0.25) is 10.00 Å². The molecule has 2 fully saturated rings. The van der Waals surface area contributed by atoms with Crippen molar-refractivity contribution in [2.75, 3.05) is 13.1 Å².